The third-order valence-electron chi connectivity index (χ3n) is 4.19. The average molecular weight is 307 g/mol. The molecule has 1 heterocycles. The predicted molar refractivity (Wildman–Crippen MR) is 93.0 cm³/mol. The molecule has 1 N–H and O–H groups in total. The van der Waals surface area contributed by atoms with Gasteiger partial charge in [-0.2, -0.15) is 0 Å². The van der Waals surface area contributed by atoms with Gasteiger partial charge >= 0.3 is 0 Å². The molecule has 0 amide bonds. The molecule has 1 atom stereocenters. The first-order valence-electron chi connectivity index (χ1n) is 8.13. The minimum absolute atomic E-state index is 0.333. The zero-order valence-corrected chi connectivity index (χ0v) is 15.0. The minimum atomic E-state index is -1.17. The smallest absolute Gasteiger partial charge is 0.0826 e. The van der Waals surface area contributed by atoms with Crippen LogP contribution in [0.3, 0.4) is 0 Å². The van der Waals surface area contributed by atoms with E-state index in [1.807, 2.05) is 0 Å². The van der Waals surface area contributed by atoms with E-state index in [0.717, 1.165) is 39.3 Å². The number of benzene rings is 1. The van der Waals surface area contributed by atoms with Gasteiger partial charge in [0.2, 0.25) is 0 Å². The first-order valence-corrected chi connectivity index (χ1v) is 11.6. The number of hydrogen-bond donors (Lipinski definition) is 1. The van der Waals surface area contributed by atoms with Crippen molar-refractivity contribution in [2.24, 2.45) is 0 Å². The van der Waals surface area contributed by atoms with Crippen LogP contribution >= 0.6 is 0 Å². The van der Waals surface area contributed by atoms with Crippen molar-refractivity contribution in [1.82, 2.24) is 10.2 Å². The largest absolute Gasteiger partial charge is 0.374 e. The van der Waals surface area contributed by atoms with Gasteiger partial charge in [-0.05, 0) is 12.1 Å². The first kappa shape index (κ1) is 16.7. The Morgan fingerprint density at radius 1 is 1.24 bits per heavy atom. The molecular formula is C17H30N2OSi. The van der Waals surface area contributed by atoms with E-state index in [1.54, 1.807) is 0 Å². The Kier molecular flexibility index (Phi) is 5.99. The lowest BCUT2D eigenvalue weighted by molar-refractivity contribution is -0.0253. The van der Waals surface area contributed by atoms with E-state index in [-0.39, 0.29) is 0 Å². The molecule has 0 spiro atoms. The zero-order chi connectivity index (χ0) is 15.3. The van der Waals surface area contributed by atoms with Crippen LogP contribution in [0.4, 0.5) is 0 Å². The van der Waals surface area contributed by atoms with E-state index in [4.69, 9.17) is 4.74 Å². The number of likely N-dealkylation sites (N-methyl/N-ethyl adjacent to an activating group) is 1. The van der Waals surface area contributed by atoms with E-state index < -0.39 is 8.07 Å². The van der Waals surface area contributed by atoms with Crippen molar-refractivity contribution in [2.75, 3.05) is 32.8 Å². The SMILES string of the molecule is CCN1CCOC(CNCc2ccc([Si](C)(C)C)cc2)C1. The summed E-state index contributed by atoms with van der Waals surface area (Å²) in [4.78, 5) is 2.46. The topological polar surface area (TPSA) is 24.5 Å². The van der Waals surface area contributed by atoms with Gasteiger partial charge in [0, 0.05) is 26.2 Å². The lowest BCUT2D eigenvalue weighted by atomic mass is 10.2. The summed E-state index contributed by atoms with van der Waals surface area (Å²) in [6, 6.07) is 9.14. The molecule has 1 saturated heterocycles. The van der Waals surface area contributed by atoms with Crippen LogP contribution in [0.1, 0.15) is 12.5 Å². The van der Waals surface area contributed by atoms with Crippen molar-refractivity contribution in [1.29, 1.82) is 0 Å². The van der Waals surface area contributed by atoms with Crippen LogP contribution in [0, 0.1) is 0 Å². The Hall–Kier alpha value is -0.683. The number of nitrogens with zero attached hydrogens (tertiary/aromatic N) is 1. The minimum Gasteiger partial charge on any atom is -0.374 e. The van der Waals surface area contributed by atoms with Gasteiger partial charge in [-0.25, -0.2) is 0 Å². The second kappa shape index (κ2) is 7.54. The van der Waals surface area contributed by atoms with E-state index in [2.05, 4.69) is 61.0 Å². The van der Waals surface area contributed by atoms with Crippen LogP contribution < -0.4 is 10.5 Å². The summed E-state index contributed by atoms with van der Waals surface area (Å²) in [7, 11) is -1.17. The van der Waals surface area contributed by atoms with Crippen LogP contribution in [0.25, 0.3) is 0 Å². The highest BCUT2D eigenvalue weighted by Gasteiger charge is 2.19. The highest BCUT2D eigenvalue weighted by molar-refractivity contribution is 6.88. The Morgan fingerprint density at radius 3 is 2.57 bits per heavy atom. The van der Waals surface area contributed by atoms with Crippen molar-refractivity contribution in [3.8, 4) is 0 Å². The molecule has 21 heavy (non-hydrogen) atoms. The van der Waals surface area contributed by atoms with E-state index >= 15 is 0 Å². The van der Waals surface area contributed by atoms with Crippen molar-refractivity contribution in [3.05, 3.63) is 29.8 Å². The fraction of sp³-hybridized carbons (Fsp3) is 0.647. The molecule has 1 aliphatic rings. The maximum atomic E-state index is 5.81. The van der Waals surface area contributed by atoms with Crippen LogP contribution in [0.2, 0.25) is 19.6 Å². The first-order chi connectivity index (χ1) is 9.99. The number of rotatable bonds is 6. The van der Waals surface area contributed by atoms with Gasteiger partial charge < -0.3 is 10.1 Å². The third kappa shape index (κ3) is 5.22. The molecular weight excluding hydrogens is 276 g/mol. The summed E-state index contributed by atoms with van der Waals surface area (Å²) in [5, 5.41) is 5.06. The molecule has 0 saturated carbocycles. The van der Waals surface area contributed by atoms with Gasteiger partial charge in [-0.1, -0.05) is 56.0 Å². The van der Waals surface area contributed by atoms with Crippen molar-refractivity contribution in [3.63, 3.8) is 0 Å². The molecule has 0 aromatic heterocycles. The molecule has 1 aliphatic heterocycles. The van der Waals surface area contributed by atoms with Crippen molar-refractivity contribution in [2.45, 2.75) is 39.2 Å². The third-order valence-corrected chi connectivity index (χ3v) is 6.26. The lowest BCUT2D eigenvalue weighted by Crippen LogP contribution is -2.46. The lowest BCUT2D eigenvalue weighted by Gasteiger charge is -2.32. The van der Waals surface area contributed by atoms with Gasteiger partial charge in [-0.3, -0.25) is 4.90 Å². The quantitative estimate of drug-likeness (QED) is 0.814. The van der Waals surface area contributed by atoms with Crippen molar-refractivity contribution < 1.29 is 4.74 Å². The fourth-order valence-electron chi connectivity index (χ4n) is 2.69. The summed E-state index contributed by atoms with van der Waals surface area (Å²) < 4.78 is 5.81. The Bertz CT molecular complexity index is 427. The second-order valence-electron chi connectivity index (χ2n) is 6.96. The number of ether oxygens (including phenoxy) is 1. The molecule has 1 unspecified atom stereocenters. The summed E-state index contributed by atoms with van der Waals surface area (Å²) in [5.74, 6) is 0. The summed E-state index contributed by atoms with van der Waals surface area (Å²) in [5.41, 5.74) is 1.36. The molecule has 4 heteroatoms. The molecule has 0 bridgehead atoms. The van der Waals surface area contributed by atoms with E-state index in [9.17, 15) is 0 Å². The van der Waals surface area contributed by atoms with E-state index in [1.165, 1.54) is 10.8 Å². The van der Waals surface area contributed by atoms with Gasteiger partial charge in [-0.15, -0.1) is 0 Å². The summed E-state index contributed by atoms with van der Waals surface area (Å²) in [6.45, 7) is 15.4. The standard InChI is InChI=1S/C17H30N2OSi/c1-5-19-10-11-20-16(14-19)13-18-12-15-6-8-17(9-7-15)21(2,3)4/h6-9,16,18H,5,10-14H2,1-4H3. The van der Waals surface area contributed by atoms with Crippen LogP contribution in [-0.2, 0) is 11.3 Å². The number of hydrogen-bond acceptors (Lipinski definition) is 3. The fourth-order valence-corrected chi connectivity index (χ4v) is 3.86. The second-order valence-corrected chi connectivity index (χ2v) is 12.0. The van der Waals surface area contributed by atoms with Gasteiger partial charge in [0.1, 0.15) is 0 Å². The molecule has 0 radical (unpaired) electrons. The Labute approximate surface area is 130 Å². The zero-order valence-electron chi connectivity index (χ0n) is 14.0. The molecule has 0 aliphatic carbocycles. The number of morpholine rings is 1. The molecule has 1 aromatic carbocycles. The maximum Gasteiger partial charge on any atom is 0.0826 e. The van der Waals surface area contributed by atoms with Gasteiger partial charge in [0.05, 0.1) is 20.8 Å². The normalized spacial score (nSPS) is 20.7. The molecule has 1 aromatic rings. The summed E-state index contributed by atoms with van der Waals surface area (Å²) >= 11 is 0. The van der Waals surface area contributed by atoms with Gasteiger partial charge in [0.15, 0.2) is 0 Å². The molecule has 1 fully saturated rings. The highest BCUT2D eigenvalue weighted by atomic mass is 28.3. The molecule has 3 nitrogen and oxygen atoms in total. The van der Waals surface area contributed by atoms with Crippen LogP contribution in [0.15, 0.2) is 24.3 Å². The van der Waals surface area contributed by atoms with Crippen LogP contribution in [0.5, 0.6) is 0 Å². The van der Waals surface area contributed by atoms with Gasteiger partial charge in [0.25, 0.3) is 0 Å². The highest BCUT2D eigenvalue weighted by Crippen LogP contribution is 2.06. The van der Waals surface area contributed by atoms with Crippen LogP contribution in [-0.4, -0.2) is 51.9 Å². The van der Waals surface area contributed by atoms with E-state index in [0.29, 0.717) is 6.10 Å². The average Bonchev–Trinajstić information content (AvgIpc) is 2.47. The monoisotopic (exact) mass is 306 g/mol. The maximum absolute atomic E-state index is 5.81. The Morgan fingerprint density at radius 2 is 1.95 bits per heavy atom. The van der Waals surface area contributed by atoms with Crippen molar-refractivity contribution >= 4 is 13.3 Å². The number of nitrogens with one attached hydrogen (secondary N) is 1. The predicted octanol–water partition coefficient (Wildman–Crippen LogP) is 2.04. The Balaban J connectivity index is 1.76. The molecule has 2 rings (SSSR count). The molecule has 118 valence electrons. The summed E-state index contributed by atoms with van der Waals surface area (Å²) in [6.07, 6.45) is 0.333.